The average molecular weight is 281 g/mol. The van der Waals surface area contributed by atoms with Crippen molar-refractivity contribution in [1.29, 1.82) is 0 Å². The Morgan fingerprint density at radius 3 is 2.45 bits per heavy atom. The molecule has 2 aromatic carbocycles. The van der Waals surface area contributed by atoms with Crippen molar-refractivity contribution in [2.24, 2.45) is 5.73 Å². The van der Waals surface area contributed by atoms with Gasteiger partial charge in [-0.3, -0.25) is 0 Å². The Morgan fingerprint density at radius 1 is 1.00 bits per heavy atom. The molecular weight excluding hydrogens is 262 g/mol. The smallest absolute Gasteiger partial charge is 0.0350 e. The van der Waals surface area contributed by atoms with E-state index >= 15 is 0 Å². The number of nitrogens with two attached hydrogens (primary N) is 1. The minimum atomic E-state index is 0.0682. The van der Waals surface area contributed by atoms with E-state index in [2.05, 4.69) is 60.8 Å². The molecule has 0 fully saturated rings. The van der Waals surface area contributed by atoms with E-state index in [1.54, 1.807) is 11.3 Å². The molecule has 0 saturated carbocycles. The van der Waals surface area contributed by atoms with E-state index in [9.17, 15) is 0 Å². The Bertz CT molecular complexity index is 697. The fraction of sp³-hybridized carbons (Fsp3) is 0.222. The van der Waals surface area contributed by atoms with Crippen LogP contribution in [-0.4, -0.2) is 0 Å². The van der Waals surface area contributed by atoms with E-state index < -0.39 is 0 Å². The molecule has 1 unspecified atom stereocenters. The third-order valence-electron chi connectivity index (χ3n) is 3.80. The van der Waals surface area contributed by atoms with Crippen molar-refractivity contribution >= 4 is 21.4 Å². The number of benzene rings is 2. The highest BCUT2D eigenvalue weighted by atomic mass is 32.1. The lowest BCUT2D eigenvalue weighted by molar-refractivity contribution is 0.730. The van der Waals surface area contributed by atoms with Crippen LogP contribution in [-0.2, 0) is 12.8 Å². The van der Waals surface area contributed by atoms with Crippen LogP contribution in [0.15, 0.2) is 53.9 Å². The molecule has 102 valence electrons. The van der Waals surface area contributed by atoms with Gasteiger partial charge in [0.2, 0.25) is 0 Å². The predicted molar refractivity (Wildman–Crippen MR) is 88.3 cm³/mol. The Balaban J connectivity index is 1.83. The third kappa shape index (κ3) is 2.62. The van der Waals surface area contributed by atoms with E-state index in [1.807, 2.05) is 0 Å². The quantitative estimate of drug-likeness (QED) is 0.736. The maximum Gasteiger partial charge on any atom is 0.0350 e. The van der Waals surface area contributed by atoms with E-state index in [1.165, 1.54) is 26.8 Å². The minimum Gasteiger partial charge on any atom is -0.324 e. The molecule has 3 aromatic rings. The van der Waals surface area contributed by atoms with E-state index in [0.717, 1.165) is 12.8 Å². The van der Waals surface area contributed by atoms with Crippen molar-refractivity contribution in [3.05, 3.63) is 70.6 Å². The summed E-state index contributed by atoms with van der Waals surface area (Å²) in [4.78, 5) is 0. The van der Waals surface area contributed by atoms with Crippen molar-refractivity contribution in [3.63, 3.8) is 0 Å². The number of hydrogen-bond acceptors (Lipinski definition) is 2. The summed E-state index contributed by atoms with van der Waals surface area (Å²) in [5, 5.41) is 3.51. The highest BCUT2D eigenvalue weighted by Crippen LogP contribution is 2.30. The number of fused-ring (bicyclic) bond motifs is 1. The fourth-order valence-electron chi connectivity index (χ4n) is 2.56. The molecule has 3 rings (SSSR count). The first kappa shape index (κ1) is 13.3. The molecule has 0 bridgehead atoms. The molecule has 2 heteroatoms. The molecule has 0 aliphatic heterocycles. The topological polar surface area (TPSA) is 26.0 Å². The van der Waals surface area contributed by atoms with Crippen LogP contribution in [0.25, 0.3) is 10.1 Å². The largest absolute Gasteiger partial charge is 0.324 e. The highest BCUT2D eigenvalue weighted by molar-refractivity contribution is 7.17. The van der Waals surface area contributed by atoms with E-state index in [0.29, 0.717) is 0 Å². The van der Waals surface area contributed by atoms with Gasteiger partial charge in [-0.15, -0.1) is 11.3 Å². The Kier molecular flexibility index (Phi) is 3.86. The first-order chi connectivity index (χ1) is 9.78. The van der Waals surface area contributed by atoms with Gasteiger partial charge >= 0.3 is 0 Å². The first-order valence-electron chi connectivity index (χ1n) is 7.07. The summed E-state index contributed by atoms with van der Waals surface area (Å²) < 4.78 is 1.32. The molecule has 2 N–H and O–H groups in total. The highest BCUT2D eigenvalue weighted by Gasteiger charge is 2.12. The van der Waals surface area contributed by atoms with Gasteiger partial charge in [0.05, 0.1) is 0 Å². The molecule has 0 amide bonds. The van der Waals surface area contributed by atoms with Gasteiger partial charge in [-0.25, -0.2) is 0 Å². The van der Waals surface area contributed by atoms with E-state index in [4.69, 9.17) is 5.73 Å². The van der Waals surface area contributed by atoms with Crippen LogP contribution < -0.4 is 5.73 Å². The lowest BCUT2D eigenvalue weighted by atomic mass is 9.98. The van der Waals surface area contributed by atoms with Gasteiger partial charge in [-0.05, 0) is 46.4 Å². The normalized spacial score (nSPS) is 12.7. The second-order valence-corrected chi connectivity index (χ2v) is 6.08. The lowest BCUT2D eigenvalue weighted by Crippen LogP contribution is -2.12. The number of rotatable bonds is 4. The van der Waals surface area contributed by atoms with Gasteiger partial charge in [0, 0.05) is 10.7 Å². The molecule has 0 saturated heterocycles. The van der Waals surface area contributed by atoms with Crippen LogP contribution in [0, 0.1) is 0 Å². The molecule has 0 spiro atoms. The summed E-state index contributed by atoms with van der Waals surface area (Å²) in [6.07, 6.45) is 1.98. The zero-order valence-corrected chi connectivity index (χ0v) is 12.5. The van der Waals surface area contributed by atoms with Crippen LogP contribution in [0.1, 0.15) is 29.7 Å². The molecule has 1 nitrogen and oxygen atoms in total. The van der Waals surface area contributed by atoms with Crippen LogP contribution in [0.2, 0.25) is 0 Å². The number of thiophene rings is 1. The lowest BCUT2D eigenvalue weighted by Gasteiger charge is -2.11. The van der Waals surface area contributed by atoms with Crippen molar-refractivity contribution in [1.82, 2.24) is 0 Å². The Hall–Kier alpha value is -1.64. The van der Waals surface area contributed by atoms with Gasteiger partial charge in [0.15, 0.2) is 0 Å². The molecule has 0 aliphatic carbocycles. The van der Waals surface area contributed by atoms with Crippen molar-refractivity contribution in [3.8, 4) is 0 Å². The number of hydrogen-bond donors (Lipinski definition) is 1. The van der Waals surface area contributed by atoms with Gasteiger partial charge in [0.1, 0.15) is 0 Å². The van der Waals surface area contributed by atoms with Gasteiger partial charge < -0.3 is 5.73 Å². The van der Waals surface area contributed by atoms with Crippen molar-refractivity contribution in [2.75, 3.05) is 0 Å². The molecule has 1 atom stereocenters. The zero-order valence-electron chi connectivity index (χ0n) is 11.7. The Morgan fingerprint density at radius 2 is 1.70 bits per heavy atom. The van der Waals surface area contributed by atoms with Crippen LogP contribution >= 0.6 is 11.3 Å². The minimum absolute atomic E-state index is 0.0682. The summed E-state index contributed by atoms with van der Waals surface area (Å²) >= 11 is 1.78. The standard InChI is InChI=1S/C18H19NS/c1-2-13-7-9-14(10-8-13)11-17(19)16-12-20-18-6-4-3-5-15(16)18/h3-10,12,17H,2,11,19H2,1H3. The summed E-state index contributed by atoms with van der Waals surface area (Å²) in [5.74, 6) is 0. The van der Waals surface area contributed by atoms with Crippen LogP contribution in [0.4, 0.5) is 0 Å². The average Bonchev–Trinajstić information content (AvgIpc) is 2.92. The van der Waals surface area contributed by atoms with Gasteiger partial charge in [-0.2, -0.15) is 0 Å². The summed E-state index contributed by atoms with van der Waals surface area (Å²) in [5.41, 5.74) is 10.4. The second kappa shape index (κ2) is 5.78. The molecule has 1 heterocycles. The fourth-order valence-corrected chi connectivity index (χ4v) is 3.59. The van der Waals surface area contributed by atoms with Gasteiger partial charge in [-0.1, -0.05) is 49.4 Å². The van der Waals surface area contributed by atoms with Crippen molar-refractivity contribution < 1.29 is 0 Å². The Labute approximate surface area is 124 Å². The first-order valence-corrected chi connectivity index (χ1v) is 7.95. The SMILES string of the molecule is CCc1ccc(CC(N)c2csc3ccccc23)cc1. The van der Waals surface area contributed by atoms with Crippen molar-refractivity contribution in [2.45, 2.75) is 25.8 Å². The maximum atomic E-state index is 6.41. The predicted octanol–water partition coefficient (Wildman–Crippen LogP) is 4.71. The molecule has 0 aliphatic rings. The monoisotopic (exact) mass is 281 g/mol. The molecule has 1 aromatic heterocycles. The third-order valence-corrected chi connectivity index (χ3v) is 4.78. The van der Waals surface area contributed by atoms with E-state index in [-0.39, 0.29) is 6.04 Å². The summed E-state index contributed by atoms with van der Waals surface area (Å²) in [6.45, 7) is 2.18. The zero-order chi connectivity index (χ0) is 13.9. The summed E-state index contributed by atoms with van der Waals surface area (Å²) in [6, 6.07) is 17.4. The summed E-state index contributed by atoms with van der Waals surface area (Å²) in [7, 11) is 0. The molecular formula is C18H19NS. The van der Waals surface area contributed by atoms with Crippen LogP contribution in [0.5, 0.6) is 0 Å². The van der Waals surface area contributed by atoms with Gasteiger partial charge in [0.25, 0.3) is 0 Å². The maximum absolute atomic E-state index is 6.41. The second-order valence-electron chi connectivity index (χ2n) is 5.17. The molecule has 20 heavy (non-hydrogen) atoms. The number of aryl methyl sites for hydroxylation is 1. The molecule has 0 radical (unpaired) electrons. The van der Waals surface area contributed by atoms with Crippen LogP contribution in [0.3, 0.4) is 0 Å².